The molecule has 1 amide bonds. The summed E-state index contributed by atoms with van der Waals surface area (Å²) in [5, 5.41) is 2.97. The first-order valence-electron chi connectivity index (χ1n) is 10.7. The summed E-state index contributed by atoms with van der Waals surface area (Å²) in [6.07, 6.45) is 1.00. The number of benzene rings is 2. The number of amides is 1. The summed E-state index contributed by atoms with van der Waals surface area (Å²) >= 11 is 0. The Labute approximate surface area is 185 Å². The highest BCUT2D eigenvalue weighted by atomic mass is 32.2. The summed E-state index contributed by atoms with van der Waals surface area (Å²) in [5.41, 5.74) is 2.40. The van der Waals surface area contributed by atoms with E-state index in [1.807, 2.05) is 38.1 Å². The van der Waals surface area contributed by atoms with Gasteiger partial charge in [-0.2, -0.15) is 4.31 Å². The van der Waals surface area contributed by atoms with Crippen molar-refractivity contribution in [3.05, 3.63) is 59.2 Å². The number of sulfonamides is 1. The van der Waals surface area contributed by atoms with Crippen molar-refractivity contribution in [2.24, 2.45) is 11.8 Å². The van der Waals surface area contributed by atoms with E-state index in [-0.39, 0.29) is 40.0 Å². The van der Waals surface area contributed by atoms with Crippen LogP contribution in [0.25, 0.3) is 0 Å². The van der Waals surface area contributed by atoms with Crippen LogP contribution < -0.4 is 10.1 Å². The van der Waals surface area contributed by atoms with Gasteiger partial charge in [-0.15, -0.1) is 0 Å². The second kappa shape index (κ2) is 9.40. The molecule has 3 unspecified atom stereocenters. The van der Waals surface area contributed by atoms with E-state index >= 15 is 0 Å². The summed E-state index contributed by atoms with van der Waals surface area (Å²) in [6.45, 7) is 8.97. The first-order valence-corrected chi connectivity index (χ1v) is 12.1. The molecule has 0 radical (unpaired) electrons. The van der Waals surface area contributed by atoms with Gasteiger partial charge in [0.25, 0.3) is 5.91 Å². The van der Waals surface area contributed by atoms with Gasteiger partial charge in [0.15, 0.2) is 0 Å². The molecule has 0 aliphatic carbocycles. The first kappa shape index (κ1) is 23.3. The van der Waals surface area contributed by atoms with Crippen molar-refractivity contribution in [1.29, 1.82) is 0 Å². The maximum absolute atomic E-state index is 13.4. The number of hydrogen-bond acceptors (Lipinski definition) is 4. The Morgan fingerprint density at radius 1 is 1.13 bits per heavy atom. The van der Waals surface area contributed by atoms with Gasteiger partial charge in [-0.25, -0.2) is 8.42 Å². The van der Waals surface area contributed by atoms with Crippen molar-refractivity contribution in [1.82, 2.24) is 9.62 Å². The van der Waals surface area contributed by atoms with E-state index in [1.54, 1.807) is 12.1 Å². The zero-order valence-corrected chi connectivity index (χ0v) is 19.7. The van der Waals surface area contributed by atoms with Crippen LogP contribution in [0.1, 0.15) is 54.7 Å². The van der Waals surface area contributed by atoms with Crippen molar-refractivity contribution >= 4 is 15.9 Å². The van der Waals surface area contributed by atoms with Crippen molar-refractivity contribution in [2.45, 2.75) is 45.1 Å². The van der Waals surface area contributed by atoms with Crippen molar-refractivity contribution < 1.29 is 17.9 Å². The van der Waals surface area contributed by atoms with Crippen molar-refractivity contribution in [2.75, 3.05) is 20.2 Å². The highest BCUT2D eigenvalue weighted by Gasteiger charge is 2.34. The summed E-state index contributed by atoms with van der Waals surface area (Å²) in [4.78, 5) is 13.0. The molecule has 1 aliphatic rings. The quantitative estimate of drug-likeness (QED) is 0.726. The molecule has 2 aromatic rings. The monoisotopic (exact) mass is 444 g/mol. The van der Waals surface area contributed by atoms with E-state index in [1.165, 1.54) is 17.5 Å². The molecule has 1 aliphatic heterocycles. The number of ether oxygens (including phenoxy) is 1. The Balaban J connectivity index is 1.89. The van der Waals surface area contributed by atoms with Gasteiger partial charge >= 0.3 is 0 Å². The van der Waals surface area contributed by atoms with E-state index in [0.29, 0.717) is 13.1 Å². The molecule has 1 fully saturated rings. The van der Waals surface area contributed by atoms with Gasteiger partial charge in [-0.1, -0.05) is 38.1 Å². The van der Waals surface area contributed by atoms with Crippen LogP contribution in [-0.4, -0.2) is 38.8 Å². The predicted octanol–water partition coefficient (Wildman–Crippen LogP) is 4.16. The Bertz CT molecular complexity index is 1040. The Morgan fingerprint density at radius 3 is 2.39 bits per heavy atom. The van der Waals surface area contributed by atoms with Gasteiger partial charge < -0.3 is 10.1 Å². The minimum absolute atomic E-state index is 0.0347. The van der Waals surface area contributed by atoms with Crippen LogP contribution in [0.15, 0.2) is 47.4 Å². The molecule has 1 N–H and O–H groups in total. The van der Waals surface area contributed by atoms with Crippen molar-refractivity contribution in [3.8, 4) is 5.75 Å². The maximum atomic E-state index is 13.4. The number of nitrogens with zero attached hydrogens (tertiary/aromatic N) is 1. The number of carbonyl (C=O) groups is 1. The van der Waals surface area contributed by atoms with E-state index < -0.39 is 10.0 Å². The molecule has 31 heavy (non-hydrogen) atoms. The van der Waals surface area contributed by atoms with Crippen LogP contribution in [0.5, 0.6) is 5.75 Å². The lowest BCUT2D eigenvalue weighted by atomic mass is 9.94. The number of carbonyl (C=O) groups excluding carboxylic acids is 1. The molecule has 6 nitrogen and oxygen atoms in total. The first-order chi connectivity index (χ1) is 14.6. The normalized spacial score (nSPS) is 20.8. The summed E-state index contributed by atoms with van der Waals surface area (Å²) in [5.74, 6) is 0.488. The van der Waals surface area contributed by atoms with Gasteiger partial charge in [0.2, 0.25) is 10.0 Å². The average Bonchev–Trinajstić information content (AvgIpc) is 2.72. The minimum atomic E-state index is -3.79. The molecular formula is C24H32N2O4S. The Morgan fingerprint density at radius 2 is 1.77 bits per heavy atom. The van der Waals surface area contributed by atoms with Crippen molar-refractivity contribution in [3.63, 3.8) is 0 Å². The highest BCUT2D eigenvalue weighted by molar-refractivity contribution is 7.89. The molecule has 1 saturated heterocycles. The van der Waals surface area contributed by atoms with Crippen LogP contribution in [0.4, 0.5) is 0 Å². The fraction of sp³-hybridized carbons (Fsp3) is 0.458. The number of hydrogen-bond donors (Lipinski definition) is 1. The van der Waals surface area contributed by atoms with Gasteiger partial charge in [-0.05, 0) is 61.4 Å². The molecule has 0 aromatic heterocycles. The Hall–Kier alpha value is -2.38. The van der Waals surface area contributed by atoms with Crippen LogP contribution in [-0.2, 0) is 10.0 Å². The zero-order valence-electron chi connectivity index (χ0n) is 18.9. The molecule has 0 saturated carbocycles. The number of methoxy groups -OCH3 is 1. The Kier molecular flexibility index (Phi) is 7.06. The lowest BCUT2D eigenvalue weighted by Crippen LogP contribution is -2.42. The molecule has 3 rings (SSSR count). The number of piperidine rings is 1. The smallest absolute Gasteiger partial charge is 0.251 e. The fourth-order valence-electron chi connectivity index (χ4n) is 4.39. The average molecular weight is 445 g/mol. The number of nitrogens with one attached hydrogen (secondary N) is 1. The lowest BCUT2D eigenvalue weighted by molar-refractivity contribution is 0.0939. The SMILES string of the molecule is COc1ccc(C(=O)NC(C)c2ccccc2C)cc1S(=O)(=O)N1CC(C)CC(C)C1. The third-order valence-electron chi connectivity index (χ3n) is 5.88. The van der Waals surface area contributed by atoms with Gasteiger partial charge in [-0.3, -0.25) is 4.79 Å². The molecule has 168 valence electrons. The second-order valence-corrected chi connectivity index (χ2v) is 10.6. The number of rotatable bonds is 6. The van der Waals surface area contributed by atoms with Crippen LogP contribution in [0, 0.1) is 18.8 Å². The van der Waals surface area contributed by atoms with Gasteiger partial charge in [0, 0.05) is 18.7 Å². The molecule has 3 atom stereocenters. The van der Waals surface area contributed by atoms with Crippen LogP contribution >= 0.6 is 0 Å². The van der Waals surface area contributed by atoms with E-state index in [9.17, 15) is 13.2 Å². The minimum Gasteiger partial charge on any atom is -0.495 e. The topological polar surface area (TPSA) is 75.7 Å². The van der Waals surface area contributed by atoms with Crippen LogP contribution in [0.2, 0.25) is 0 Å². The highest BCUT2D eigenvalue weighted by Crippen LogP contribution is 2.32. The lowest BCUT2D eigenvalue weighted by Gasteiger charge is -2.34. The standard InChI is InChI=1S/C24H32N2O4S/c1-16-12-17(2)15-26(14-16)31(28,29)23-13-20(10-11-22(23)30-5)24(27)25-19(4)21-9-7-6-8-18(21)3/h6-11,13,16-17,19H,12,14-15H2,1-5H3,(H,25,27). The number of aryl methyl sites for hydroxylation is 1. The van der Waals surface area contributed by atoms with Gasteiger partial charge in [0.05, 0.1) is 13.2 Å². The van der Waals surface area contributed by atoms with Crippen LogP contribution in [0.3, 0.4) is 0 Å². The largest absolute Gasteiger partial charge is 0.495 e. The zero-order chi connectivity index (χ0) is 22.8. The molecule has 2 aromatic carbocycles. The van der Waals surface area contributed by atoms with E-state index in [2.05, 4.69) is 19.2 Å². The summed E-state index contributed by atoms with van der Waals surface area (Å²) in [7, 11) is -2.35. The third-order valence-corrected chi connectivity index (χ3v) is 7.73. The summed E-state index contributed by atoms with van der Waals surface area (Å²) < 4.78 is 33.7. The van der Waals surface area contributed by atoms with Gasteiger partial charge in [0.1, 0.15) is 10.6 Å². The van der Waals surface area contributed by atoms with E-state index in [0.717, 1.165) is 17.5 Å². The molecule has 0 spiro atoms. The fourth-order valence-corrected chi connectivity index (χ4v) is 6.25. The molecule has 1 heterocycles. The third kappa shape index (κ3) is 5.10. The van der Waals surface area contributed by atoms with E-state index in [4.69, 9.17) is 4.74 Å². The maximum Gasteiger partial charge on any atom is 0.251 e. The molecule has 7 heteroatoms. The second-order valence-electron chi connectivity index (χ2n) is 8.69. The predicted molar refractivity (Wildman–Crippen MR) is 122 cm³/mol. The molecular weight excluding hydrogens is 412 g/mol. The summed E-state index contributed by atoms with van der Waals surface area (Å²) in [6, 6.07) is 12.2. The molecule has 0 bridgehead atoms.